The van der Waals surface area contributed by atoms with Gasteiger partial charge in [0, 0.05) is 26.6 Å². The number of amides is 1. The summed E-state index contributed by atoms with van der Waals surface area (Å²) in [6, 6.07) is 21.1. The number of nitrogens with one attached hydrogen (secondary N) is 1. The second-order valence-corrected chi connectivity index (χ2v) is 8.65. The lowest BCUT2D eigenvalue weighted by Crippen LogP contribution is -2.13. The summed E-state index contributed by atoms with van der Waals surface area (Å²) in [7, 11) is 1.61. The molecular weight excluding hydrogens is 520 g/mol. The van der Waals surface area contributed by atoms with Crippen molar-refractivity contribution in [3.8, 4) is 11.8 Å². The molecule has 0 aromatic heterocycles. The van der Waals surface area contributed by atoms with Crippen molar-refractivity contribution < 1.29 is 9.53 Å². The van der Waals surface area contributed by atoms with Crippen molar-refractivity contribution >= 4 is 49.5 Å². The molecule has 0 fully saturated rings. The van der Waals surface area contributed by atoms with E-state index in [9.17, 15) is 10.1 Å². The first kappa shape index (κ1) is 22.8. The van der Waals surface area contributed by atoms with Gasteiger partial charge in [-0.3, -0.25) is 4.79 Å². The van der Waals surface area contributed by atoms with Crippen molar-refractivity contribution in [2.75, 3.05) is 12.4 Å². The van der Waals surface area contributed by atoms with Crippen LogP contribution in [0.15, 0.2) is 75.2 Å². The number of carbonyl (C=O) groups is 1. The molecule has 0 atom stereocenters. The smallest absolute Gasteiger partial charge is 0.266 e. The van der Waals surface area contributed by atoms with Crippen molar-refractivity contribution in [2.45, 2.75) is 13.3 Å². The first-order valence-corrected chi connectivity index (χ1v) is 11.1. The van der Waals surface area contributed by atoms with E-state index < -0.39 is 5.91 Å². The van der Waals surface area contributed by atoms with E-state index in [0.717, 1.165) is 25.6 Å². The number of benzene rings is 3. The van der Waals surface area contributed by atoms with Gasteiger partial charge in [0.1, 0.15) is 17.4 Å². The van der Waals surface area contributed by atoms with Crippen molar-refractivity contribution in [3.63, 3.8) is 0 Å². The summed E-state index contributed by atoms with van der Waals surface area (Å²) in [5.41, 5.74) is 4.47. The number of halogens is 2. The van der Waals surface area contributed by atoms with Gasteiger partial charge in [0.25, 0.3) is 5.91 Å². The van der Waals surface area contributed by atoms with E-state index in [0.29, 0.717) is 23.4 Å². The van der Waals surface area contributed by atoms with Crippen LogP contribution in [0.25, 0.3) is 6.08 Å². The Labute approximate surface area is 198 Å². The molecule has 1 amide bonds. The Morgan fingerprint density at radius 1 is 1.10 bits per heavy atom. The van der Waals surface area contributed by atoms with Crippen LogP contribution >= 0.6 is 31.9 Å². The maximum atomic E-state index is 12.6. The highest BCUT2D eigenvalue weighted by Gasteiger charge is 2.14. The fraction of sp³-hybridized carbons (Fsp3) is 0.120. The zero-order valence-electron chi connectivity index (χ0n) is 17.1. The van der Waals surface area contributed by atoms with Gasteiger partial charge in [-0.2, -0.15) is 5.26 Å². The molecule has 1 N–H and O–H groups in total. The van der Waals surface area contributed by atoms with Crippen LogP contribution in [0.5, 0.6) is 5.75 Å². The van der Waals surface area contributed by atoms with E-state index in [-0.39, 0.29) is 5.57 Å². The topological polar surface area (TPSA) is 62.1 Å². The molecule has 31 heavy (non-hydrogen) atoms. The summed E-state index contributed by atoms with van der Waals surface area (Å²) in [5.74, 6) is 0.216. The minimum Gasteiger partial charge on any atom is -0.496 e. The lowest BCUT2D eigenvalue weighted by atomic mass is 10.0. The third kappa shape index (κ3) is 5.84. The highest BCUT2D eigenvalue weighted by atomic mass is 79.9. The van der Waals surface area contributed by atoms with Crippen LogP contribution in [0, 0.1) is 18.3 Å². The molecule has 156 valence electrons. The number of aryl methyl sites for hydroxylation is 1. The molecule has 0 heterocycles. The fourth-order valence-corrected chi connectivity index (χ4v) is 4.16. The fourth-order valence-electron chi connectivity index (χ4n) is 3.14. The van der Waals surface area contributed by atoms with E-state index in [2.05, 4.69) is 37.2 Å². The normalized spacial score (nSPS) is 11.0. The summed E-state index contributed by atoms with van der Waals surface area (Å²) in [5, 5.41) is 12.3. The monoisotopic (exact) mass is 538 g/mol. The molecule has 0 aliphatic rings. The van der Waals surface area contributed by atoms with Gasteiger partial charge in [-0.05, 0) is 60.0 Å². The highest BCUT2D eigenvalue weighted by molar-refractivity contribution is 9.10. The summed E-state index contributed by atoms with van der Waals surface area (Å²) in [6.45, 7) is 1.94. The molecule has 0 saturated heterocycles. The largest absolute Gasteiger partial charge is 0.496 e. The van der Waals surface area contributed by atoms with E-state index in [1.165, 1.54) is 0 Å². The predicted molar refractivity (Wildman–Crippen MR) is 131 cm³/mol. The zero-order chi connectivity index (χ0) is 22.4. The van der Waals surface area contributed by atoms with Crippen molar-refractivity contribution in [3.05, 3.63) is 97.4 Å². The molecule has 3 aromatic carbocycles. The van der Waals surface area contributed by atoms with Crippen LogP contribution in [0.1, 0.15) is 22.3 Å². The van der Waals surface area contributed by atoms with Crippen molar-refractivity contribution in [1.82, 2.24) is 0 Å². The minimum atomic E-state index is -0.458. The van der Waals surface area contributed by atoms with E-state index in [1.807, 2.05) is 67.6 Å². The van der Waals surface area contributed by atoms with Gasteiger partial charge in [0.2, 0.25) is 0 Å². The Hall–Kier alpha value is -2.88. The number of rotatable bonds is 6. The van der Waals surface area contributed by atoms with Gasteiger partial charge in [-0.15, -0.1) is 0 Å². The molecule has 0 aliphatic heterocycles. The maximum absolute atomic E-state index is 12.6. The molecule has 0 aliphatic carbocycles. The Morgan fingerprint density at radius 2 is 1.87 bits per heavy atom. The first-order valence-electron chi connectivity index (χ1n) is 9.51. The SMILES string of the molecule is COc1cc(/C=C(\C#N)C(=O)Nc2cccc(C)c2)cc(Br)c1Cc1ccccc1Br. The predicted octanol–water partition coefficient (Wildman–Crippen LogP) is 6.67. The number of methoxy groups -OCH3 is 1. The number of hydrogen-bond acceptors (Lipinski definition) is 3. The van der Waals surface area contributed by atoms with Crippen LogP contribution in [0.4, 0.5) is 5.69 Å². The van der Waals surface area contributed by atoms with Crippen LogP contribution < -0.4 is 10.1 Å². The van der Waals surface area contributed by atoms with Crippen molar-refractivity contribution in [1.29, 1.82) is 5.26 Å². The van der Waals surface area contributed by atoms with Gasteiger partial charge in [0.05, 0.1) is 7.11 Å². The average molecular weight is 540 g/mol. The third-order valence-corrected chi connectivity index (χ3v) is 6.16. The van der Waals surface area contributed by atoms with E-state index in [4.69, 9.17) is 4.74 Å². The van der Waals surface area contributed by atoms with Crippen LogP contribution in [-0.4, -0.2) is 13.0 Å². The third-order valence-electron chi connectivity index (χ3n) is 4.67. The summed E-state index contributed by atoms with van der Waals surface area (Å²) in [4.78, 5) is 12.6. The quantitative estimate of drug-likeness (QED) is 0.281. The van der Waals surface area contributed by atoms with Crippen LogP contribution in [0.3, 0.4) is 0 Å². The average Bonchev–Trinajstić information content (AvgIpc) is 2.74. The standard InChI is InChI=1S/C25H20Br2N2O2/c1-16-6-5-8-20(10-16)29-25(30)19(15-28)11-17-12-23(27)21(24(13-17)31-2)14-18-7-3-4-9-22(18)26/h3-13H,14H2,1-2H3,(H,29,30)/b19-11+. The van der Waals surface area contributed by atoms with Gasteiger partial charge in [-0.25, -0.2) is 0 Å². The number of hydrogen-bond donors (Lipinski definition) is 1. The molecule has 0 unspecified atom stereocenters. The van der Waals surface area contributed by atoms with Crippen LogP contribution in [0.2, 0.25) is 0 Å². The number of anilines is 1. The Morgan fingerprint density at radius 3 is 2.55 bits per heavy atom. The molecule has 3 aromatic rings. The summed E-state index contributed by atoms with van der Waals surface area (Å²) >= 11 is 7.21. The minimum absolute atomic E-state index is 0.00835. The first-order chi connectivity index (χ1) is 14.9. The Balaban J connectivity index is 1.90. The van der Waals surface area contributed by atoms with E-state index >= 15 is 0 Å². The second kappa shape index (κ2) is 10.4. The molecule has 6 heteroatoms. The molecule has 0 bridgehead atoms. The highest BCUT2D eigenvalue weighted by Crippen LogP contribution is 2.33. The zero-order valence-corrected chi connectivity index (χ0v) is 20.2. The Kier molecular flexibility index (Phi) is 7.67. The maximum Gasteiger partial charge on any atom is 0.266 e. The molecular formula is C25H20Br2N2O2. The second-order valence-electron chi connectivity index (χ2n) is 6.95. The lowest BCUT2D eigenvalue weighted by Gasteiger charge is -2.13. The summed E-state index contributed by atoms with van der Waals surface area (Å²) in [6.07, 6.45) is 2.22. The Bertz CT molecular complexity index is 1200. The molecule has 4 nitrogen and oxygen atoms in total. The molecule has 0 radical (unpaired) electrons. The number of ether oxygens (including phenoxy) is 1. The summed E-state index contributed by atoms with van der Waals surface area (Å²) < 4.78 is 7.46. The molecule has 0 spiro atoms. The van der Waals surface area contributed by atoms with Crippen molar-refractivity contribution in [2.24, 2.45) is 0 Å². The number of carbonyl (C=O) groups excluding carboxylic acids is 1. The van der Waals surface area contributed by atoms with Gasteiger partial charge >= 0.3 is 0 Å². The number of nitrogens with zero attached hydrogens (tertiary/aromatic N) is 1. The number of nitriles is 1. The van der Waals surface area contributed by atoms with Gasteiger partial charge in [-0.1, -0.05) is 62.2 Å². The molecule has 3 rings (SSSR count). The molecule has 0 saturated carbocycles. The lowest BCUT2D eigenvalue weighted by molar-refractivity contribution is -0.112. The van der Waals surface area contributed by atoms with Gasteiger partial charge < -0.3 is 10.1 Å². The van der Waals surface area contributed by atoms with E-state index in [1.54, 1.807) is 19.3 Å². The van der Waals surface area contributed by atoms with Gasteiger partial charge in [0.15, 0.2) is 0 Å². The van der Waals surface area contributed by atoms with Crippen LogP contribution in [-0.2, 0) is 11.2 Å².